The number of tetrazole rings is 1. The Labute approximate surface area is 176 Å². The van der Waals surface area contributed by atoms with Crippen molar-refractivity contribution in [2.45, 2.75) is 12.5 Å². The van der Waals surface area contributed by atoms with Gasteiger partial charge in [-0.3, -0.25) is 4.79 Å². The van der Waals surface area contributed by atoms with E-state index in [1.165, 1.54) is 18.1 Å². The molecule has 1 amide bonds. The quantitative estimate of drug-likeness (QED) is 0.459. The lowest BCUT2D eigenvalue weighted by atomic mass is 10.0. The first-order chi connectivity index (χ1) is 14.6. The smallest absolute Gasteiger partial charge is 0.328 e. The molecule has 0 saturated carbocycles. The number of nitrogens with one attached hydrogen (secondary N) is 2. The number of ether oxygens (including phenoxy) is 1. The van der Waals surface area contributed by atoms with E-state index in [1.807, 2.05) is 30.5 Å². The minimum atomic E-state index is -0.890. The van der Waals surface area contributed by atoms with Crippen LogP contribution in [0, 0.1) is 0 Å². The fourth-order valence-electron chi connectivity index (χ4n) is 3.25. The molecule has 0 radical (unpaired) electrons. The van der Waals surface area contributed by atoms with E-state index >= 15 is 0 Å². The number of fused-ring (bicyclic) bond motifs is 1. The maximum atomic E-state index is 13.0. The summed E-state index contributed by atoms with van der Waals surface area (Å²) in [6, 6.07) is 11.5. The standard InChI is InChI=1S/C20H17ClN6O3/c1-30-20(29)17(8-12-10-22-16-5-3-2-4-14(12)16)24-19(28)15-7-6-13(21)9-18(15)27-11-23-25-26-27/h2-7,9-11,17,22H,8H2,1H3,(H,24,28). The van der Waals surface area contributed by atoms with Gasteiger partial charge in [-0.1, -0.05) is 29.8 Å². The van der Waals surface area contributed by atoms with Crippen LogP contribution < -0.4 is 5.32 Å². The molecule has 0 bridgehead atoms. The van der Waals surface area contributed by atoms with Crippen LogP contribution in [-0.2, 0) is 16.0 Å². The molecule has 0 aliphatic heterocycles. The Bertz CT molecular complexity index is 1200. The molecule has 4 rings (SSSR count). The van der Waals surface area contributed by atoms with E-state index in [1.54, 1.807) is 18.2 Å². The Morgan fingerprint density at radius 1 is 1.27 bits per heavy atom. The highest BCUT2D eigenvalue weighted by atomic mass is 35.5. The van der Waals surface area contributed by atoms with Gasteiger partial charge in [0.1, 0.15) is 12.4 Å². The van der Waals surface area contributed by atoms with Crippen molar-refractivity contribution in [2.75, 3.05) is 7.11 Å². The second-order valence-electron chi connectivity index (χ2n) is 6.53. The molecule has 4 aromatic rings. The largest absolute Gasteiger partial charge is 0.467 e. The fraction of sp³-hybridized carbons (Fsp3) is 0.150. The second-order valence-corrected chi connectivity index (χ2v) is 6.97. The van der Waals surface area contributed by atoms with Crippen LogP contribution in [0.3, 0.4) is 0 Å². The number of hydrogen-bond donors (Lipinski definition) is 2. The highest BCUT2D eigenvalue weighted by Gasteiger charge is 2.25. The van der Waals surface area contributed by atoms with Crippen LogP contribution in [-0.4, -0.2) is 50.2 Å². The molecule has 152 valence electrons. The number of amides is 1. The molecule has 0 aliphatic carbocycles. The molecule has 0 spiro atoms. The first-order valence-electron chi connectivity index (χ1n) is 9.03. The highest BCUT2D eigenvalue weighted by molar-refractivity contribution is 6.31. The second kappa shape index (κ2) is 8.34. The third-order valence-electron chi connectivity index (χ3n) is 4.69. The zero-order valence-corrected chi connectivity index (χ0v) is 16.6. The number of nitrogens with zero attached hydrogens (tertiary/aromatic N) is 4. The molecule has 9 nitrogen and oxygen atoms in total. The average Bonchev–Trinajstić information content (AvgIpc) is 3.43. The van der Waals surface area contributed by atoms with Gasteiger partial charge in [0.15, 0.2) is 0 Å². The molecule has 0 aliphatic rings. The van der Waals surface area contributed by atoms with E-state index in [0.717, 1.165) is 16.5 Å². The summed E-state index contributed by atoms with van der Waals surface area (Å²) in [5.41, 5.74) is 2.49. The Hall–Kier alpha value is -3.72. The van der Waals surface area contributed by atoms with Gasteiger partial charge < -0.3 is 15.0 Å². The minimum absolute atomic E-state index is 0.260. The lowest BCUT2D eigenvalue weighted by Gasteiger charge is -2.17. The average molecular weight is 425 g/mol. The van der Waals surface area contributed by atoms with Gasteiger partial charge in [0.05, 0.1) is 18.4 Å². The van der Waals surface area contributed by atoms with Crippen LogP contribution >= 0.6 is 11.6 Å². The zero-order valence-electron chi connectivity index (χ0n) is 15.9. The Morgan fingerprint density at radius 3 is 2.87 bits per heavy atom. The topological polar surface area (TPSA) is 115 Å². The monoisotopic (exact) mass is 424 g/mol. The minimum Gasteiger partial charge on any atom is -0.467 e. The van der Waals surface area contributed by atoms with E-state index in [-0.39, 0.29) is 12.0 Å². The first-order valence-corrected chi connectivity index (χ1v) is 9.41. The van der Waals surface area contributed by atoms with Crippen molar-refractivity contribution in [2.24, 2.45) is 0 Å². The number of benzene rings is 2. The van der Waals surface area contributed by atoms with E-state index in [0.29, 0.717) is 10.7 Å². The highest BCUT2D eigenvalue weighted by Crippen LogP contribution is 2.21. The van der Waals surface area contributed by atoms with Gasteiger partial charge in [-0.25, -0.2) is 4.79 Å². The molecule has 2 aromatic heterocycles. The predicted molar refractivity (Wildman–Crippen MR) is 109 cm³/mol. The molecule has 1 atom stereocenters. The Balaban J connectivity index is 1.63. The Morgan fingerprint density at radius 2 is 2.10 bits per heavy atom. The van der Waals surface area contributed by atoms with Crippen molar-refractivity contribution in [3.05, 3.63) is 71.1 Å². The zero-order chi connectivity index (χ0) is 21.1. The number of carbonyl (C=O) groups excluding carboxylic acids is 2. The molecule has 0 saturated heterocycles. The normalized spacial score (nSPS) is 11.9. The van der Waals surface area contributed by atoms with Crippen molar-refractivity contribution < 1.29 is 14.3 Å². The van der Waals surface area contributed by atoms with Crippen molar-refractivity contribution in [3.8, 4) is 5.69 Å². The molecule has 2 N–H and O–H groups in total. The number of H-pyrrole nitrogens is 1. The molecule has 30 heavy (non-hydrogen) atoms. The molecule has 0 fully saturated rings. The third-order valence-corrected chi connectivity index (χ3v) is 4.93. The number of carbonyl (C=O) groups is 2. The summed E-state index contributed by atoms with van der Waals surface area (Å²) in [7, 11) is 1.28. The summed E-state index contributed by atoms with van der Waals surface area (Å²) in [6.45, 7) is 0. The van der Waals surface area contributed by atoms with Crippen LogP contribution in [0.25, 0.3) is 16.6 Å². The lowest BCUT2D eigenvalue weighted by molar-refractivity contribution is -0.142. The van der Waals surface area contributed by atoms with E-state index in [4.69, 9.17) is 16.3 Å². The van der Waals surface area contributed by atoms with Crippen LogP contribution in [0.15, 0.2) is 55.0 Å². The molecule has 1 unspecified atom stereocenters. The van der Waals surface area contributed by atoms with E-state index in [9.17, 15) is 9.59 Å². The molecule has 10 heteroatoms. The Kier molecular flexibility index (Phi) is 5.44. The molecular weight excluding hydrogens is 408 g/mol. The van der Waals surface area contributed by atoms with Gasteiger partial charge in [0, 0.05) is 28.5 Å². The van der Waals surface area contributed by atoms with Gasteiger partial charge in [-0.15, -0.1) is 5.10 Å². The van der Waals surface area contributed by atoms with Gasteiger partial charge in [0.2, 0.25) is 0 Å². The summed E-state index contributed by atoms with van der Waals surface area (Å²) in [5.74, 6) is -1.03. The number of halogens is 1. The molecule has 2 heterocycles. The van der Waals surface area contributed by atoms with Crippen molar-refractivity contribution in [1.82, 2.24) is 30.5 Å². The van der Waals surface area contributed by atoms with Gasteiger partial charge >= 0.3 is 5.97 Å². The summed E-state index contributed by atoms with van der Waals surface area (Å²) in [6.07, 6.45) is 3.43. The first kappa shape index (κ1) is 19.6. The summed E-state index contributed by atoms with van der Waals surface area (Å²) < 4.78 is 6.24. The van der Waals surface area contributed by atoms with Gasteiger partial charge in [-0.2, -0.15) is 4.68 Å². The van der Waals surface area contributed by atoms with E-state index in [2.05, 4.69) is 25.8 Å². The van der Waals surface area contributed by atoms with Crippen LogP contribution in [0.5, 0.6) is 0 Å². The van der Waals surface area contributed by atoms with Gasteiger partial charge in [0.25, 0.3) is 5.91 Å². The van der Waals surface area contributed by atoms with Crippen LogP contribution in [0.4, 0.5) is 0 Å². The number of aromatic nitrogens is 5. The fourth-order valence-corrected chi connectivity index (χ4v) is 3.42. The maximum Gasteiger partial charge on any atom is 0.328 e. The van der Waals surface area contributed by atoms with Gasteiger partial charge in [-0.05, 0) is 40.3 Å². The van der Waals surface area contributed by atoms with E-state index < -0.39 is 17.9 Å². The SMILES string of the molecule is COC(=O)C(Cc1c[nH]c2ccccc12)NC(=O)c1ccc(Cl)cc1-n1cnnn1. The van der Waals surface area contributed by atoms with Crippen molar-refractivity contribution in [3.63, 3.8) is 0 Å². The third kappa shape index (κ3) is 3.87. The summed E-state index contributed by atoms with van der Waals surface area (Å²) in [4.78, 5) is 28.6. The summed E-state index contributed by atoms with van der Waals surface area (Å²) in [5, 5.41) is 15.1. The lowest BCUT2D eigenvalue weighted by Crippen LogP contribution is -2.43. The van der Waals surface area contributed by atoms with Crippen LogP contribution in [0.1, 0.15) is 15.9 Å². The number of aromatic amines is 1. The number of hydrogen-bond acceptors (Lipinski definition) is 6. The van der Waals surface area contributed by atoms with Crippen molar-refractivity contribution >= 4 is 34.4 Å². The number of para-hydroxylation sites is 1. The molecule has 2 aromatic carbocycles. The van der Waals surface area contributed by atoms with Crippen LogP contribution in [0.2, 0.25) is 5.02 Å². The predicted octanol–water partition coefficient (Wildman–Crippen LogP) is 2.31. The molecular formula is C20H17ClN6O3. The number of rotatable bonds is 6. The number of esters is 1. The van der Waals surface area contributed by atoms with Crippen molar-refractivity contribution in [1.29, 1.82) is 0 Å². The number of methoxy groups -OCH3 is 1. The summed E-state index contributed by atoms with van der Waals surface area (Å²) >= 11 is 6.08. The maximum absolute atomic E-state index is 13.0.